The summed E-state index contributed by atoms with van der Waals surface area (Å²) in [7, 11) is 1.61. The average Bonchev–Trinajstić information content (AvgIpc) is 2.47. The zero-order valence-corrected chi connectivity index (χ0v) is 13.5. The summed E-state index contributed by atoms with van der Waals surface area (Å²) in [5, 5.41) is 0. The Hall–Kier alpha value is -1.61. The minimum atomic E-state index is -0.00201. The predicted molar refractivity (Wildman–Crippen MR) is 84.7 cm³/mol. The highest BCUT2D eigenvalue weighted by atomic mass is 79.9. The average molecular weight is 333 g/mol. The molecule has 2 aromatic carbocycles. The maximum atomic E-state index is 12.6. The standard InChI is InChI=1S/C17H17BrO2/c1-4-12-5-7-13(8-6-12)17(19)14-10-16(20-3)11(2)9-15(14)18/h5-10H,4H2,1-3H3. The Balaban J connectivity index is 2.41. The molecule has 0 fully saturated rings. The minimum Gasteiger partial charge on any atom is -0.496 e. The molecule has 0 saturated heterocycles. The van der Waals surface area contributed by atoms with Gasteiger partial charge in [0.05, 0.1) is 7.11 Å². The maximum absolute atomic E-state index is 12.6. The maximum Gasteiger partial charge on any atom is 0.194 e. The number of hydrogen-bond donors (Lipinski definition) is 0. The summed E-state index contributed by atoms with van der Waals surface area (Å²) in [6.45, 7) is 4.05. The van der Waals surface area contributed by atoms with Crippen molar-refractivity contribution in [2.45, 2.75) is 20.3 Å². The Bertz CT molecular complexity index is 630. The highest BCUT2D eigenvalue weighted by Gasteiger charge is 2.15. The Labute approximate surface area is 127 Å². The van der Waals surface area contributed by atoms with Crippen LogP contribution in [0.3, 0.4) is 0 Å². The molecule has 0 amide bonds. The quantitative estimate of drug-likeness (QED) is 0.767. The van der Waals surface area contributed by atoms with E-state index in [4.69, 9.17) is 4.74 Å². The van der Waals surface area contributed by atoms with Crippen molar-refractivity contribution >= 4 is 21.7 Å². The van der Waals surface area contributed by atoms with Gasteiger partial charge in [0.1, 0.15) is 5.75 Å². The second-order valence-electron chi connectivity index (χ2n) is 4.68. The lowest BCUT2D eigenvalue weighted by Gasteiger charge is -2.10. The van der Waals surface area contributed by atoms with Gasteiger partial charge in [-0.1, -0.05) is 47.1 Å². The molecule has 20 heavy (non-hydrogen) atoms. The van der Waals surface area contributed by atoms with E-state index < -0.39 is 0 Å². The van der Waals surface area contributed by atoms with Crippen LogP contribution in [0.1, 0.15) is 34.0 Å². The second kappa shape index (κ2) is 6.23. The molecule has 0 aliphatic carbocycles. The molecule has 0 bridgehead atoms. The van der Waals surface area contributed by atoms with Crippen LogP contribution in [-0.4, -0.2) is 12.9 Å². The number of benzene rings is 2. The molecule has 0 N–H and O–H groups in total. The van der Waals surface area contributed by atoms with Crippen LogP contribution in [-0.2, 0) is 6.42 Å². The number of hydrogen-bond acceptors (Lipinski definition) is 2. The molecule has 2 aromatic rings. The molecule has 2 rings (SSSR count). The summed E-state index contributed by atoms with van der Waals surface area (Å²) < 4.78 is 6.08. The Morgan fingerprint density at radius 1 is 1.20 bits per heavy atom. The summed E-state index contributed by atoms with van der Waals surface area (Å²) in [6, 6.07) is 11.4. The summed E-state index contributed by atoms with van der Waals surface area (Å²) in [6.07, 6.45) is 0.969. The summed E-state index contributed by atoms with van der Waals surface area (Å²) in [5.41, 5.74) is 3.53. The molecular weight excluding hydrogens is 316 g/mol. The first-order valence-electron chi connectivity index (χ1n) is 6.54. The highest BCUT2D eigenvalue weighted by Crippen LogP contribution is 2.28. The fraction of sp³-hybridized carbons (Fsp3) is 0.235. The third-order valence-electron chi connectivity index (χ3n) is 3.35. The van der Waals surface area contributed by atoms with Gasteiger partial charge in [0, 0.05) is 15.6 Å². The number of ether oxygens (including phenoxy) is 1. The molecule has 0 saturated carbocycles. The summed E-state index contributed by atoms with van der Waals surface area (Å²) >= 11 is 3.46. The summed E-state index contributed by atoms with van der Waals surface area (Å²) in [4.78, 5) is 12.6. The molecule has 0 spiro atoms. The molecule has 0 unspecified atom stereocenters. The van der Waals surface area contributed by atoms with Crippen molar-refractivity contribution in [3.05, 3.63) is 63.1 Å². The number of halogens is 1. The first kappa shape index (κ1) is 14.8. The van der Waals surface area contributed by atoms with Crippen LogP contribution in [0.25, 0.3) is 0 Å². The third-order valence-corrected chi connectivity index (χ3v) is 4.01. The lowest BCUT2D eigenvalue weighted by molar-refractivity contribution is 0.103. The van der Waals surface area contributed by atoms with Crippen LogP contribution in [0, 0.1) is 6.92 Å². The van der Waals surface area contributed by atoms with Gasteiger partial charge >= 0.3 is 0 Å². The van der Waals surface area contributed by atoms with E-state index in [2.05, 4.69) is 22.9 Å². The minimum absolute atomic E-state index is 0.00201. The fourth-order valence-electron chi connectivity index (χ4n) is 2.09. The zero-order valence-electron chi connectivity index (χ0n) is 11.9. The van der Waals surface area contributed by atoms with E-state index in [1.54, 1.807) is 13.2 Å². The van der Waals surface area contributed by atoms with Crippen LogP contribution in [0.2, 0.25) is 0 Å². The van der Waals surface area contributed by atoms with Gasteiger partial charge in [-0.3, -0.25) is 4.79 Å². The Morgan fingerprint density at radius 2 is 1.85 bits per heavy atom. The molecule has 0 atom stereocenters. The van der Waals surface area contributed by atoms with Crippen LogP contribution >= 0.6 is 15.9 Å². The monoisotopic (exact) mass is 332 g/mol. The lowest BCUT2D eigenvalue weighted by atomic mass is 10.00. The van der Waals surface area contributed by atoms with Crippen LogP contribution in [0.5, 0.6) is 5.75 Å². The van der Waals surface area contributed by atoms with Gasteiger partial charge in [-0.15, -0.1) is 0 Å². The summed E-state index contributed by atoms with van der Waals surface area (Å²) in [5.74, 6) is 0.722. The normalized spacial score (nSPS) is 10.4. The molecule has 0 aliphatic rings. The predicted octanol–water partition coefficient (Wildman–Crippen LogP) is 4.56. The number of methoxy groups -OCH3 is 1. The van der Waals surface area contributed by atoms with E-state index in [0.717, 1.165) is 22.2 Å². The van der Waals surface area contributed by atoms with Crippen LogP contribution in [0.15, 0.2) is 40.9 Å². The van der Waals surface area contributed by atoms with Crippen molar-refractivity contribution in [1.29, 1.82) is 0 Å². The van der Waals surface area contributed by atoms with E-state index >= 15 is 0 Å². The van der Waals surface area contributed by atoms with E-state index in [0.29, 0.717) is 11.1 Å². The van der Waals surface area contributed by atoms with Gasteiger partial charge in [-0.05, 0) is 36.6 Å². The fourth-order valence-corrected chi connectivity index (χ4v) is 2.73. The smallest absolute Gasteiger partial charge is 0.194 e. The van der Waals surface area contributed by atoms with Crippen molar-refractivity contribution in [2.24, 2.45) is 0 Å². The van der Waals surface area contributed by atoms with E-state index in [-0.39, 0.29) is 5.78 Å². The number of carbonyl (C=O) groups is 1. The van der Waals surface area contributed by atoms with Gasteiger partial charge in [0.25, 0.3) is 0 Å². The van der Waals surface area contributed by atoms with Gasteiger partial charge < -0.3 is 4.74 Å². The Morgan fingerprint density at radius 3 is 2.40 bits per heavy atom. The van der Waals surface area contributed by atoms with Crippen molar-refractivity contribution in [2.75, 3.05) is 7.11 Å². The number of ketones is 1. The van der Waals surface area contributed by atoms with Crippen LogP contribution < -0.4 is 4.74 Å². The van der Waals surface area contributed by atoms with Gasteiger partial charge in [-0.25, -0.2) is 0 Å². The molecule has 0 radical (unpaired) electrons. The van der Waals surface area contributed by atoms with E-state index in [9.17, 15) is 4.79 Å². The van der Waals surface area contributed by atoms with Gasteiger partial charge in [0.2, 0.25) is 0 Å². The number of carbonyl (C=O) groups excluding carboxylic acids is 1. The largest absolute Gasteiger partial charge is 0.496 e. The van der Waals surface area contributed by atoms with Crippen molar-refractivity contribution in [3.8, 4) is 5.75 Å². The van der Waals surface area contributed by atoms with Crippen molar-refractivity contribution in [3.63, 3.8) is 0 Å². The van der Waals surface area contributed by atoms with Gasteiger partial charge in [0.15, 0.2) is 5.78 Å². The molecule has 0 aliphatic heterocycles. The first-order valence-corrected chi connectivity index (χ1v) is 7.34. The Kier molecular flexibility index (Phi) is 4.61. The molecule has 0 heterocycles. The zero-order chi connectivity index (χ0) is 14.7. The molecule has 3 heteroatoms. The molecule has 104 valence electrons. The first-order chi connectivity index (χ1) is 9.56. The van der Waals surface area contributed by atoms with Crippen molar-refractivity contribution in [1.82, 2.24) is 0 Å². The van der Waals surface area contributed by atoms with E-state index in [1.807, 2.05) is 37.3 Å². The second-order valence-corrected chi connectivity index (χ2v) is 5.54. The number of aryl methyl sites for hydroxylation is 2. The van der Waals surface area contributed by atoms with Crippen LogP contribution in [0.4, 0.5) is 0 Å². The topological polar surface area (TPSA) is 26.3 Å². The number of rotatable bonds is 4. The van der Waals surface area contributed by atoms with Crippen molar-refractivity contribution < 1.29 is 9.53 Å². The van der Waals surface area contributed by atoms with E-state index in [1.165, 1.54) is 5.56 Å². The highest BCUT2D eigenvalue weighted by molar-refractivity contribution is 9.10. The molecular formula is C17H17BrO2. The van der Waals surface area contributed by atoms with Gasteiger partial charge in [-0.2, -0.15) is 0 Å². The lowest BCUT2D eigenvalue weighted by Crippen LogP contribution is -2.04. The third kappa shape index (κ3) is 2.93. The molecule has 0 aromatic heterocycles. The SMILES string of the molecule is CCc1ccc(C(=O)c2cc(OC)c(C)cc2Br)cc1. The molecule has 2 nitrogen and oxygen atoms in total.